The molecule has 1 saturated carbocycles. The summed E-state index contributed by atoms with van der Waals surface area (Å²) < 4.78 is 28.1. The molecule has 0 unspecified atom stereocenters. The van der Waals surface area contributed by atoms with Crippen LogP contribution in [0.5, 0.6) is 11.8 Å². The fraction of sp³-hybridized carbons (Fsp3) is 0.375. The number of aryl methyl sites for hydroxylation is 1. The van der Waals surface area contributed by atoms with Crippen LogP contribution in [0.15, 0.2) is 24.5 Å². The van der Waals surface area contributed by atoms with Gasteiger partial charge in [-0.3, -0.25) is 9.47 Å². The van der Waals surface area contributed by atoms with Crippen molar-refractivity contribution in [1.82, 2.24) is 24.5 Å². The monoisotopic (exact) mass is 490 g/mol. The summed E-state index contributed by atoms with van der Waals surface area (Å²) in [5, 5.41) is 1.29. The summed E-state index contributed by atoms with van der Waals surface area (Å²) >= 11 is 0. The number of carbonyl (C=O) groups excluding carboxylic acids is 1. The van der Waals surface area contributed by atoms with Gasteiger partial charge in [-0.1, -0.05) is 0 Å². The fourth-order valence-corrected chi connectivity index (χ4v) is 5.76. The molecular weight excluding hydrogens is 467 g/mol. The van der Waals surface area contributed by atoms with Gasteiger partial charge in [-0.25, -0.2) is 19.2 Å². The number of nitrogens with two attached hydrogens (primary N) is 1. The molecule has 7 rings (SSSR count). The molecule has 1 amide bonds. The Hall–Kier alpha value is -4.06. The minimum Gasteiger partial charge on any atom is -0.427 e. The van der Waals surface area contributed by atoms with E-state index in [1.165, 1.54) is 17.0 Å². The molecule has 12 heteroatoms. The fourth-order valence-electron chi connectivity index (χ4n) is 5.76. The number of aromatic nitrogens is 5. The molecule has 4 aromatic rings. The van der Waals surface area contributed by atoms with Gasteiger partial charge in [-0.15, -0.1) is 0 Å². The maximum Gasteiger partial charge on any atom is 0.415 e. The molecule has 2 bridgehead atoms. The predicted molar refractivity (Wildman–Crippen MR) is 129 cm³/mol. The van der Waals surface area contributed by atoms with Gasteiger partial charge in [0.15, 0.2) is 18.1 Å². The van der Waals surface area contributed by atoms with Gasteiger partial charge in [-0.05, 0) is 37.8 Å². The van der Waals surface area contributed by atoms with Gasteiger partial charge < -0.3 is 20.1 Å². The topological polar surface area (TPSA) is 125 Å². The highest BCUT2D eigenvalue weighted by molar-refractivity contribution is 6.17. The lowest BCUT2D eigenvalue weighted by atomic mass is 10.0. The summed E-state index contributed by atoms with van der Waals surface area (Å²) in [4.78, 5) is 33.9. The lowest BCUT2D eigenvalue weighted by molar-refractivity contribution is 0.128. The molecule has 1 aromatic carbocycles. The van der Waals surface area contributed by atoms with Crippen LogP contribution in [-0.2, 0) is 11.5 Å². The van der Waals surface area contributed by atoms with E-state index in [4.69, 9.17) is 25.2 Å². The van der Waals surface area contributed by atoms with Crippen LogP contribution in [0.25, 0.3) is 21.9 Å². The van der Waals surface area contributed by atoms with E-state index in [0.717, 1.165) is 19.4 Å². The third kappa shape index (κ3) is 3.03. The number of hydrogen-bond donors (Lipinski definition) is 1. The Balaban J connectivity index is 1.50. The van der Waals surface area contributed by atoms with Crippen molar-refractivity contribution in [3.8, 4) is 11.8 Å². The number of cyclic esters (lactones) is 1. The second kappa shape index (κ2) is 7.47. The van der Waals surface area contributed by atoms with Crippen LogP contribution in [0.1, 0.15) is 18.7 Å². The van der Waals surface area contributed by atoms with Gasteiger partial charge in [0.1, 0.15) is 17.5 Å². The van der Waals surface area contributed by atoms with Gasteiger partial charge >= 0.3 is 12.1 Å². The Bertz CT molecular complexity index is 1550. The average molecular weight is 490 g/mol. The molecule has 2 fully saturated rings. The van der Waals surface area contributed by atoms with Crippen molar-refractivity contribution in [1.29, 1.82) is 0 Å². The zero-order valence-corrected chi connectivity index (χ0v) is 19.7. The molecule has 184 valence electrons. The van der Waals surface area contributed by atoms with Crippen molar-refractivity contribution >= 4 is 39.5 Å². The third-order valence-corrected chi connectivity index (χ3v) is 7.49. The number of carbonyl (C=O) groups is 1. The summed E-state index contributed by atoms with van der Waals surface area (Å²) in [5.74, 6) is 1.55. The molecule has 36 heavy (non-hydrogen) atoms. The van der Waals surface area contributed by atoms with E-state index in [0.29, 0.717) is 50.9 Å². The van der Waals surface area contributed by atoms with E-state index in [1.54, 1.807) is 30.9 Å². The van der Waals surface area contributed by atoms with Gasteiger partial charge in [0, 0.05) is 31.1 Å². The average Bonchev–Trinajstić information content (AvgIpc) is 3.50. The Morgan fingerprint density at radius 1 is 1.19 bits per heavy atom. The first-order valence-electron chi connectivity index (χ1n) is 11.8. The van der Waals surface area contributed by atoms with Gasteiger partial charge in [0.25, 0.3) is 0 Å². The van der Waals surface area contributed by atoms with Crippen molar-refractivity contribution in [3.63, 3.8) is 0 Å². The number of piperidine rings is 1. The lowest BCUT2D eigenvalue weighted by Crippen LogP contribution is -2.41. The highest BCUT2D eigenvalue weighted by Crippen LogP contribution is 2.46. The summed E-state index contributed by atoms with van der Waals surface area (Å²) in [7, 11) is 1.56. The maximum atomic E-state index is 14.9. The zero-order chi connectivity index (χ0) is 24.7. The molecule has 2 N–H and O–H groups in total. The highest BCUT2D eigenvalue weighted by Gasteiger charge is 2.44. The number of hydrogen-bond acceptors (Lipinski definition) is 9. The van der Waals surface area contributed by atoms with Crippen molar-refractivity contribution in [2.75, 3.05) is 23.4 Å². The first-order valence-corrected chi connectivity index (χ1v) is 11.8. The largest absolute Gasteiger partial charge is 0.427 e. The Kier molecular flexibility index (Phi) is 4.41. The molecule has 3 aliphatic rings. The van der Waals surface area contributed by atoms with Crippen LogP contribution in [0.2, 0.25) is 0 Å². The Morgan fingerprint density at radius 3 is 2.72 bits per heavy atom. The highest BCUT2D eigenvalue weighted by atomic mass is 19.1. The quantitative estimate of drug-likeness (QED) is 0.461. The number of nitrogens with zero attached hydrogens (tertiary/aromatic N) is 7. The third-order valence-electron chi connectivity index (χ3n) is 7.49. The molecule has 1 saturated heterocycles. The van der Waals surface area contributed by atoms with E-state index < -0.39 is 11.9 Å². The van der Waals surface area contributed by atoms with Crippen LogP contribution in [0.3, 0.4) is 0 Å². The number of benzene rings is 1. The van der Waals surface area contributed by atoms with E-state index in [-0.39, 0.29) is 24.8 Å². The second-order valence-corrected chi connectivity index (χ2v) is 9.65. The first-order chi connectivity index (χ1) is 17.4. The number of anilines is 2. The molecule has 0 spiro atoms. The summed E-state index contributed by atoms with van der Waals surface area (Å²) in [5.41, 5.74) is 7.85. The smallest absolute Gasteiger partial charge is 0.415 e. The number of amides is 1. The summed E-state index contributed by atoms with van der Waals surface area (Å²) in [6, 6.07) is 3.27. The van der Waals surface area contributed by atoms with Crippen LogP contribution in [-0.4, -0.2) is 56.3 Å². The van der Waals surface area contributed by atoms with Crippen LogP contribution >= 0.6 is 0 Å². The SMILES string of the molecule is Cc1ncc(Oc2nc(N3C[C@H]4C[C@@H]3C[C@H]4N)c3c4cc(F)cc5c4n(c3n2)COC(=O)N5C)cn1. The summed E-state index contributed by atoms with van der Waals surface area (Å²) in [6.07, 6.45) is 4.37. The first kappa shape index (κ1) is 21.2. The zero-order valence-electron chi connectivity index (χ0n) is 19.7. The van der Waals surface area contributed by atoms with Gasteiger partial charge in [-0.2, -0.15) is 9.97 Å². The van der Waals surface area contributed by atoms with E-state index >= 15 is 0 Å². The minimum atomic E-state index is -0.577. The molecule has 5 heterocycles. The second-order valence-electron chi connectivity index (χ2n) is 9.65. The van der Waals surface area contributed by atoms with Crippen LogP contribution < -0.4 is 20.3 Å². The molecule has 2 aliphatic heterocycles. The molecule has 0 radical (unpaired) electrons. The molecular formula is C24H23FN8O3. The van der Waals surface area contributed by atoms with Crippen molar-refractivity contribution in [2.45, 2.75) is 38.6 Å². The number of rotatable bonds is 3. The number of ether oxygens (including phenoxy) is 2. The molecule has 1 aliphatic carbocycles. The maximum absolute atomic E-state index is 14.9. The molecule has 3 atom stereocenters. The standard InChI is InChI=1S/C24H23FN8O3/c1-11-27-7-15(8-28-11)36-23-29-21(32-9-12-3-14(32)6-17(12)26)19-16-4-13(25)5-18-20(16)33(22(19)30-23)10-35-24(34)31(18)2/h4-5,7-8,12,14,17H,3,6,9-10,26H2,1-2H3/t12-,14-,17-/m1/s1. The van der Waals surface area contributed by atoms with Crippen LogP contribution in [0, 0.1) is 18.7 Å². The van der Waals surface area contributed by atoms with E-state index in [2.05, 4.69) is 14.9 Å². The van der Waals surface area contributed by atoms with Crippen molar-refractivity contribution < 1.29 is 18.7 Å². The van der Waals surface area contributed by atoms with Gasteiger partial charge in [0.2, 0.25) is 0 Å². The number of fused-ring (bicyclic) bond motifs is 5. The Morgan fingerprint density at radius 2 is 2.00 bits per heavy atom. The summed E-state index contributed by atoms with van der Waals surface area (Å²) in [6.45, 7) is 2.45. The predicted octanol–water partition coefficient (Wildman–Crippen LogP) is 3.08. The normalized spacial score (nSPS) is 23.0. The lowest BCUT2D eigenvalue weighted by Gasteiger charge is -2.31. The Labute approximate surface area is 204 Å². The van der Waals surface area contributed by atoms with Crippen molar-refractivity contribution in [3.05, 3.63) is 36.2 Å². The van der Waals surface area contributed by atoms with Gasteiger partial charge in [0.05, 0.1) is 29.0 Å². The molecule has 3 aromatic heterocycles. The van der Waals surface area contributed by atoms with E-state index in [9.17, 15) is 9.18 Å². The molecule has 11 nitrogen and oxygen atoms in total. The minimum absolute atomic E-state index is 0.0811. The number of halogens is 1. The van der Waals surface area contributed by atoms with Crippen molar-refractivity contribution in [2.24, 2.45) is 11.7 Å². The van der Waals surface area contributed by atoms with Crippen LogP contribution in [0.4, 0.5) is 20.7 Å². The van der Waals surface area contributed by atoms with E-state index in [1.807, 2.05) is 0 Å².